The Morgan fingerprint density at radius 2 is 1.88 bits per heavy atom. The van der Waals surface area contributed by atoms with Crippen LogP contribution in [0.3, 0.4) is 0 Å². The van der Waals surface area contributed by atoms with E-state index in [1.165, 1.54) is 25.0 Å². The van der Waals surface area contributed by atoms with Crippen LogP contribution in [0.1, 0.15) is 60.8 Å². The summed E-state index contributed by atoms with van der Waals surface area (Å²) in [6.07, 6.45) is 4.68. The van der Waals surface area contributed by atoms with Gasteiger partial charge in [0.15, 0.2) is 0 Å². The van der Waals surface area contributed by atoms with E-state index < -0.39 is 11.4 Å². The summed E-state index contributed by atoms with van der Waals surface area (Å²) in [6.45, 7) is 1.92. The lowest BCUT2D eigenvalue weighted by Crippen LogP contribution is -2.17. The van der Waals surface area contributed by atoms with Crippen molar-refractivity contribution in [2.24, 2.45) is 5.41 Å². The van der Waals surface area contributed by atoms with Gasteiger partial charge in [0.25, 0.3) is 0 Å². The van der Waals surface area contributed by atoms with Gasteiger partial charge in [0.05, 0.1) is 5.41 Å². The molecule has 0 saturated heterocycles. The number of rotatable bonds is 5. The quantitative estimate of drug-likeness (QED) is 0.883. The number of aromatic nitrogens is 1. The molecule has 2 aliphatic carbocycles. The van der Waals surface area contributed by atoms with Gasteiger partial charge in [-0.25, -0.2) is 4.39 Å². The van der Waals surface area contributed by atoms with Crippen LogP contribution in [0.15, 0.2) is 42.6 Å². The van der Waals surface area contributed by atoms with E-state index in [-0.39, 0.29) is 17.7 Å². The lowest BCUT2D eigenvalue weighted by atomic mass is 9.94. The molecule has 4 rings (SSSR count). The van der Waals surface area contributed by atoms with Crippen LogP contribution >= 0.6 is 0 Å². The molecule has 124 valence electrons. The van der Waals surface area contributed by atoms with Gasteiger partial charge in [-0.3, -0.25) is 9.78 Å². The van der Waals surface area contributed by atoms with E-state index in [9.17, 15) is 14.3 Å². The molecular formula is C20H20FNO2. The second kappa shape index (κ2) is 5.40. The van der Waals surface area contributed by atoms with Crippen molar-refractivity contribution in [2.45, 2.75) is 43.9 Å². The minimum absolute atomic E-state index is 0.0778. The average molecular weight is 325 g/mol. The molecule has 3 atom stereocenters. The van der Waals surface area contributed by atoms with Crippen molar-refractivity contribution in [3.05, 3.63) is 65.2 Å². The molecule has 1 heterocycles. The number of pyridine rings is 1. The third-order valence-corrected chi connectivity index (χ3v) is 5.71. The van der Waals surface area contributed by atoms with Crippen LogP contribution in [-0.4, -0.2) is 16.1 Å². The van der Waals surface area contributed by atoms with E-state index >= 15 is 0 Å². The van der Waals surface area contributed by atoms with Crippen molar-refractivity contribution in [2.75, 3.05) is 0 Å². The zero-order valence-electron chi connectivity index (χ0n) is 13.6. The fraction of sp³-hybridized carbons (Fsp3) is 0.400. The van der Waals surface area contributed by atoms with E-state index in [2.05, 4.69) is 11.1 Å². The summed E-state index contributed by atoms with van der Waals surface area (Å²) in [6, 6.07) is 10.3. The zero-order chi connectivity index (χ0) is 16.9. The molecule has 24 heavy (non-hydrogen) atoms. The highest BCUT2D eigenvalue weighted by atomic mass is 19.1. The molecule has 1 aromatic heterocycles. The monoisotopic (exact) mass is 325 g/mol. The number of benzene rings is 1. The number of aliphatic carboxylic acids is 1. The Bertz CT molecular complexity index is 784. The maximum absolute atomic E-state index is 13.2. The van der Waals surface area contributed by atoms with Crippen LogP contribution in [0.2, 0.25) is 0 Å². The number of halogens is 1. The highest BCUT2D eigenvalue weighted by Crippen LogP contribution is 2.72. The largest absolute Gasteiger partial charge is 0.481 e. The topological polar surface area (TPSA) is 50.2 Å². The first-order valence-electron chi connectivity index (χ1n) is 8.52. The fourth-order valence-corrected chi connectivity index (χ4v) is 4.21. The molecule has 0 radical (unpaired) electrons. The minimum Gasteiger partial charge on any atom is -0.481 e. The first kappa shape index (κ1) is 15.3. The van der Waals surface area contributed by atoms with Crippen molar-refractivity contribution in [3.8, 4) is 0 Å². The van der Waals surface area contributed by atoms with E-state index in [4.69, 9.17) is 0 Å². The van der Waals surface area contributed by atoms with Gasteiger partial charge in [-0.15, -0.1) is 0 Å². The molecule has 3 unspecified atom stereocenters. The molecule has 0 spiro atoms. The van der Waals surface area contributed by atoms with Gasteiger partial charge in [0.2, 0.25) is 0 Å². The van der Waals surface area contributed by atoms with E-state index in [1.54, 1.807) is 18.3 Å². The van der Waals surface area contributed by atoms with Crippen molar-refractivity contribution >= 4 is 5.97 Å². The van der Waals surface area contributed by atoms with Crippen LogP contribution in [-0.2, 0) is 4.79 Å². The fourth-order valence-electron chi connectivity index (χ4n) is 4.21. The molecule has 4 heteroatoms. The van der Waals surface area contributed by atoms with Crippen molar-refractivity contribution in [1.82, 2.24) is 4.98 Å². The van der Waals surface area contributed by atoms with Crippen LogP contribution in [0.25, 0.3) is 0 Å². The predicted octanol–water partition coefficient (Wildman–Crippen LogP) is 4.46. The molecule has 1 aromatic carbocycles. The molecule has 1 N–H and O–H groups in total. The lowest BCUT2D eigenvalue weighted by Gasteiger charge is -2.10. The number of nitrogens with zero attached hydrogens (tertiary/aromatic N) is 1. The third kappa shape index (κ3) is 2.24. The summed E-state index contributed by atoms with van der Waals surface area (Å²) in [7, 11) is 0. The van der Waals surface area contributed by atoms with Gasteiger partial charge in [-0.2, -0.15) is 0 Å². The number of carboxylic acid groups (broad SMARTS) is 1. The lowest BCUT2D eigenvalue weighted by molar-refractivity contribution is -0.143. The summed E-state index contributed by atoms with van der Waals surface area (Å²) in [4.78, 5) is 16.5. The van der Waals surface area contributed by atoms with Gasteiger partial charge in [0.1, 0.15) is 5.82 Å². The first-order chi connectivity index (χ1) is 11.6. The SMILES string of the molecule is CCC1(C(=O)O)C(c2ccc(F)cc2)C1c1ccnc(C2CC2)c1. The van der Waals surface area contributed by atoms with Crippen LogP contribution in [0.5, 0.6) is 0 Å². The first-order valence-corrected chi connectivity index (χ1v) is 8.52. The maximum atomic E-state index is 13.2. The van der Waals surface area contributed by atoms with Crippen LogP contribution in [0.4, 0.5) is 4.39 Å². The summed E-state index contributed by atoms with van der Waals surface area (Å²) in [5, 5.41) is 9.92. The zero-order valence-corrected chi connectivity index (χ0v) is 13.6. The summed E-state index contributed by atoms with van der Waals surface area (Å²) >= 11 is 0. The highest BCUT2D eigenvalue weighted by Gasteiger charge is 2.69. The summed E-state index contributed by atoms with van der Waals surface area (Å²) in [5.41, 5.74) is 2.22. The Hall–Kier alpha value is -2.23. The Morgan fingerprint density at radius 3 is 2.46 bits per heavy atom. The Morgan fingerprint density at radius 1 is 1.21 bits per heavy atom. The van der Waals surface area contributed by atoms with Gasteiger partial charge >= 0.3 is 5.97 Å². The molecule has 0 amide bonds. The Labute approximate surface area is 140 Å². The number of hydrogen-bond acceptors (Lipinski definition) is 2. The normalized spacial score (nSPS) is 28.6. The molecule has 0 aliphatic heterocycles. The number of hydrogen-bond donors (Lipinski definition) is 1. The molecule has 2 fully saturated rings. The molecule has 2 aromatic rings. The third-order valence-electron chi connectivity index (χ3n) is 5.71. The smallest absolute Gasteiger partial charge is 0.310 e. The van der Waals surface area contributed by atoms with E-state index in [0.29, 0.717) is 12.3 Å². The van der Waals surface area contributed by atoms with Gasteiger partial charge in [-0.05, 0) is 54.7 Å². The Kier molecular flexibility index (Phi) is 3.44. The second-order valence-electron chi connectivity index (χ2n) is 6.99. The van der Waals surface area contributed by atoms with Crippen molar-refractivity contribution in [1.29, 1.82) is 0 Å². The van der Waals surface area contributed by atoms with E-state index in [1.807, 2.05) is 13.0 Å². The predicted molar refractivity (Wildman–Crippen MR) is 88.5 cm³/mol. The number of carboxylic acids is 1. The van der Waals surface area contributed by atoms with Crippen LogP contribution < -0.4 is 0 Å². The Balaban J connectivity index is 1.75. The molecule has 2 saturated carbocycles. The molecule has 2 aliphatic rings. The van der Waals surface area contributed by atoms with E-state index in [0.717, 1.165) is 16.8 Å². The van der Waals surface area contributed by atoms with Gasteiger partial charge in [0, 0.05) is 29.6 Å². The second-order valence-corrected chi connectivity index (χ2v) is 6.99. The summed E-state index contributed by atoms with van der Waals surface area (Å²) < 4.78 is 13.2. The number of carbonyl (C=O) groups is 1. The van der Waals surface area contributed by atoms with Crippen molar-refractivity contribution in [3.63, 3.8) is 0 Å². The average Bonchev–Trinajstić information content (AvgIpc) is 3.48. The highest BCUT2D eigenvalue weighted by molar-refractivity contribution is 5.84. The molecule has 0 bridgehead atoms. The molecule has 3 nitrogen and oxygen atoms in total. The van der Waals surface area contributed by atoms with Gasteiger partial charge in [-0.1, -0.05) is 19.1 Å². The van der Waals surface area contributed by atoms with Gasteiger partial charge < -0.3 is 5.11 Å². The summed E-state index contributed by atoms with van der Waals surface area (Å²) in [5.74, 6) is -0.725. The maximum Gasteiger partial charge on any atom is 0.310 e. The molecular weight excluding hydrogens is 305 g/mol. The minimum atomic E-state index is -0.806. The van der Waals surface area contributed by atoms with Crippen LogP contribution in [0, 0.1) is 11.2 Å². The standard InChI is InChI=1S/C20H20FNO2/c1-2-20(19(23)24)17(13-5-7-15(21)8-6-13)18(20)14-9-10-22-16(11-14)12-3-4-12/h5-12,17-18H,2-4H2,1H3,(H,23,24). The van der Waals surface area contributed by atoms with Crippen molar-refractivity contribution < 1.29 is 14.3 Å².